The molecule has 2 heteroatoms. The van der Waals surface area contributed by atoms with Crippen molar-refractivity contribution in [2.75, 3.05) is 0 Å². The average molecular weight is 178 g/mol. The summed E-state index contributed by atoms with van der Waals surface area (Å²) in [6, 6.07) is 0. The maximum atomic E-state index is 12.5. The van der Waals surface area contributed by atoms with E-state index in [9.17, 15) is 8.78 Å². The van der Waals surface area contributed by atoms with Crippen LogP contribution in [0.2, 0.25) is 0 Å². The van der Waals surface area contributed by atoms with E-state index < -0.39 is 5.92 Å². The Labute approximate surface area is 74.4 Å². The number of hydrogen-bond donors (Lipinski definition) is 0. The molecule has 0 saturated carbocycles. The summed E-state index contributed by atoms with van der Waals surface area (Å²) in [4.78, 5) is 0. The van der Waals surface area contributed by atoms with Crippen LogP contribution in [-0.2, 0) is 0 Å². The summed E-state index contributed by atoms with van der Waals surface area (Å²) in [6.07, 6.45) is 1.69. The molecule has 1 atom stereocenters. The molecule has 0 amide bonds. The summed E-state index contributed by atoms with van der Waals surface area (Å²) in [7, 11) is 0. The molecule has 1 unspecified atom stereocenters. The highest BCUT2D eigenvalue weighted by Crippen LogP contribution is 2.27. The molecule has 0 aromatic heterocycles. The van der Waals surface area contributed by atoms with Gasteiger partial charge in [-0.05, 0) is 25.2 Å². The summed E-state index contributed by atoms with van der Waals surface area (Å²) < 4.78 is 25.0. The Morgan fingerprint density at radius 2 is 1.75 bits per heavy atom. The van der Waals surface area contributed by atoms with Crippen molar-refractivity contribution in [3.05, 3.63) is 0 Å². The van der Waals surface area contributed by atoms with Crippen LogP contribution in [0.4, 0.5) is 8.78 Å². The zero-order valence-electron chi connectivity index (χ0n) is 8.53. The van der Waals surface area contributed by atoms with Gasteiger partial charge in [-0.25, -0.2) is 8.78 Å². The van der Waals surface area contributed by atoms with E-state index in [1.54, 1.807) is 0 Å². The second-order valence-corrected chi connectivity index (χ2v) is 4.02. The Hall–Kier alpha value is -0.140. The van der Waals surface area contributed by atoms with Crippen LogP contribution in [0.25, 0.3) is 0 Å². The topological polar surface area (TPSA) is 0 Å². The van der Waals surface area contributed by atoms with Crippen LogP contribution < -0.4 is 0 Å². The number of hydrogen-bond acceptors (Lipinski definition) is 0. The zero-order valence-corrected chi connectivity index (χ0v) is 8.53. The van der Waals surface area contributed by atoms with Crippen LogP contribution >= 0.6 is 0 Å². The first kappa shape index (κ1) is 11.9. The summed E-state index contributed by atoms with van der Waals surface area (Å²) in [5.74, 6) is -1.50. The van der Waals surface area contributed by atoms with E-state index in [0.29, 0.717) is 18.3 Å². The molecule has 0 aliphatic heterocycles. The lowest BCUT2D eigenvalue weighted by molar-refractivity contribution is 0.00458. The monoisotopic (exact) mass is 178 g/mol. The largest absolute Gasteiger partial charge is 0.245 e. The third kappa shape index (κ3) is 5.50. The molecule has 0 aliphatic rings. The van der Waals surface area contributed by atoms with E-state index in [1.165, 1.54) is 0 Å². The van der Waals surface area contributed by atoms with Crippen molar-refractivity contribution in [2.45, 2.75) is 52.9 Å². The van der Waals surface area contributed by atoms with Gasteiger partial charge in [0.25, 0.3) is 0 Å². The predicted octanol–water partition coefficient (Wildman–Crippen LogP) is 4.10. The normalized spacial score (nSPS) is 15.2. The predicted molar refractivity (Wildman–Crippen MR) is 48.5 cm³/mol. The summed E-state index contributed by atoms with van der Waals surface area (Å²) in [6.45, 7) is 7.27. The average Bonchev–Trinajstić information content (AvgIpc) is 1.85. The van der Waals surface area contributed by atoms with Gasteiger partial charge in [0, 0.05) is 6.42 Å². The van der Waals surface area contributed by atoms with Gasteiger partial charge in [0.05, 0.1) is 0 Å². The van der Waals surface area contributed by atoms with Crippen molar-refractivity contribution < 1.29 is 8.78 Å². The molecule has 74 valence electrons. The fraction of sp³-hybridized carbons (Fsp3) is 1.00. The van der Waals surface area contributed by atoms with Gasteiger partial charge in [0.15, 0.2) is 0 Å². The molecule has 0 spiro atoms. The second-order valence-electron chi connectivity index (χ2n) is 4.02. The van der Waals surface area contributed by atoms with Crippen molar-refractivity contribution in [2.24, 2.45) is 11.8 Å². The molecule has 0 saturated heterocycles. The summed E-state index contributed by atoms with van der Waals surface area (Å²) in [5.41, 5.74) is 0. The lowest BCUT2D eigenvalue weighted by atomic mass is 9.88. The van der Waals surface area contributed by atoms with E-state index in [4.69, 9.17) is 0 Å². The number of rotatable bonds is 5. The molecule has 0 bridgehead atoms. The molecular formula is C10H20F2. The Kier molecular flexibility index (Phi) is 4.73. The SMILES string of the molecule is CCC(CCC(C)(F)F)C(C)C. The van der Waals surface area contributed by atoms with Crippen LogP contribution in [0.15, 0.2) is 0 Å². The molecule has 0 N–H and O–H groups in total. The Bertz CT molecular complexity index is 113. The Morgan fingerprint density at radius 1 is 1.25 bits per heavy atom. The fourth-order valence-corrected chi connectivity index (χ4v) is 1.45. The van der Waals surface area contributed by atoms with Gasteiger partial charge in [-0.2, -0.15) is 0 Å². The lowest BCUT2D eigenvalue weighted by Gasteiger charge is -2.20. The van der Waals surface area contributed by atoms with Gasteiger partial charge in [-0.15, -0.1) is 0 Å². The molecule has 0 radical (unpaired) electrons. The van der Waals surface area contributed by atoms with Gasteiger partial charge in [0.1, 0.15) is 0 Å². The van der Waals surface area contributed by atoms with Crippen LogP contribution in [0.3, 0.4) is 0 Å². The summed E-state index contributed by atoms with van der Waals surface area (Å²) >= 11 is 0. The van der Waals surface area contributed by atoms with Gasteiger partial charge in [-0.1, -0.05) is 27.2 Å². The molecule has 0 fully saturated rings. The maximum Gasteiger partial charge on any atom is 0.245 e. The molecule has 0 rings (SSSR count). The molecule has 0 heterocycles. The van der Waals surface area contributed by atoms with E-state index >= 15 is 0 Å². The van der Waals surface area contributed by atoms with Crippen molar-refractivity contribution in [3.63, 3.8) is 0 Å². The van der Waals surface area contributed by atoms with E-state index in [2.05, 4.69) is 20.8 Å². The molecule has 12 heavy (non-hydrogen) atoms. The van der Waals surface area contributed by atoms with Crippen molar-refractivity contribution in [1.29, 1.82) is 0 Å². The lowest BCUT2D eigenvalue weighted by Crippen LogP contribution is -2.15. The molecule has 0 aliphatic carbocycles. The first-order chi connectivity index (χ1) is 5.37. The molecule has 0 aromatic rings. The van der Waals surface area contributed by atoms with Gasteiger partial charge >= 0.3 is 0 Å². The van der Waals surface area contributed by atoms with Crippen LogP contribution in [0.1, 0.15) is 47.0 Å². The third-order valence-corrected chi connectivity index (χ3v) is 2.42. The van der Waals surface area contributed by atoms with Gasteiger partial charge in [-0.3, -0.25) is 0 Å². The van der Waals surface area contributed by atoms with E-state index in [1.807, 2.05) is 0 Å². The van der Waals surface area contributed by atoms with E-state index in [0.717, 1.165) is 13.3 Å². The van der Waals surface area contributed by atoms with E-state index in [-0.39, 0.29) is 6.42 Å². The molecular weight excluding hydrogens is 158 g/mol. The van der Waals surface area contributed by atoms with Crippen LogP contribution in [0.5, 0.6) is 0 Å². The Morgan fingerprint density at radius 3 is 2.00 bits per heavy atom. The van der Waals surface area contributed by atoms with Crippen molar-refractivity contribution in [1.82, 2.24) is 0 Å². The highest BCUT2D eigenvalue weighted by molar-refractivity contribution is 4.66. The molecule has 0 nitrogen and oxygen atoms in total. The fourth-order valence-electron chi connectivity index (χ4n) is 1.45. The van der Waals surface area contributed by atoms with Gasteiger partial charge < -0.3 is 0 Å². The minimum absolute atomic E-state index is 0.0314. The minimum atomic E-state index is -2.48. The quantitative estimate of drug-likeness (QED) is 0.594. The third-order valence-electron chi connectivity index (χ3n) is 2.42. The standard InChI is InChI=1S/C10H20F2/c1-5-9(8(2)3)6-7-10(4,11)12/h8-9H,5-7H2,1-4H3. The number of halogens is 2. The number of alkyl halides is 2. The summed E-state index contributed by atoms with van der Waals surface area (Å²) in [5, 5.41) is 0. The van der Waals surface area contributed by atoms with Crippen molar-refractivity contribution >= 4 is 0 Å². The van der Waals surface area contributed by atoms with Crippen LogP contribution in [-0.4, -0.2) is 5.92 Å². The van der Waals surface area contributed by atoms with Gasteiger partial charge in [0.2, 0.25) is 5.92 Å². The first-order valence-corrected chi connectivity index (χ1v) is 4.74. The minimum Gasteiger partial charge on any atom is -0.207 e. The zero-order chi connectivity index (χ0) is 9.78. The maximum absolute atomic E-state index is 12.5. The Balaban J connectivity index is 3.73. The smallest absolute Gasteiger partial charge is 0.207 e. The second kappa shape index (κ2) is 4.78. The highest BCUT2D eigenvalue weighted by atomic mass is 19.3. The van der Waals surface area contributed by atoms with Crippen molar-refractivity contribution in [3.8, 4) is 0 Å². The molecule has 0 aromatic carbocycles. The van der Waals surface area contributed by atoms with Crippen LogP contribution in [0, 0.1) is 11.8 Å². The first-order valence-electron chi connectivity index (χ1n) is 4.74. The highest BCUT2D eigenvalue weighted by Gasteiger charge is 2.23.